The summed E-state index contributed by atoms with van der Waals surface area (Å²) < 4.78 is 24.6. The summed E-state index contributed by atoms with van der Waals surface area (Å²) in [5.41, 5.74) is 0.945. The van der Waals surface area contributed by atoms with E-state index in [4.69, 9.17) is 0 Å². The van der Waals surface area contributed by atoms with Crippen LogP contribution in [0, 0.1) is 5.92 Å². The number of pyridine rings is 1. The maximum absolute atomic E-state index is 12.9. The smallest absolute Gasteiger partial charge is 0.226 e. The summed E-state index contributed by atoms with van der Waals surface area (Å²) in [6.45, 7) is 1.98. The second kappa shape index (κ2) is 6.68. The normalized spacial score (nSPS) is 29.7. The van der Waals surface area contributed by atoms with Crippen molar-refractivity contribution in [3.05, 3.63) is 30.1 Å². The summed E-state index contributed by atoms with van der Waals surface area (Å²) >= 11 is 0. The van der Waals surface area contributed by atoms with Gasteiger partial charge in [0.1, 0.15) is 0 Å². The quantitative estimate of drug-likeness (QED) is 0.804. The minimum atomic E-state index is -3.10. The molecule has 136 valence electrons. The van der Waals surface area contributed by atoms with E-state index in [1.165, 1.54) is 0 Å². The highest BCUT2D eigenvalue weighted by Crippen LogP contribution is 2.32. The number of amides is 1. The lowest BCUT2D eigenvalue weighted by molar-refractivity contribution is -0.141. The number of fused-ring (bicyclic) bond motifs is 1. The van der Waals surface area contributed by atoms with E-state index in [2.05, 4.69) is 9.88 Å². The molecule has 6 nitrogen and oxygen atoms in total. The minimum Gasteiger partial charge on any atom is -0.336 e. The van der Waals surface area contributed by atoms with E-state index in [9.17, 15) is 13.2 Å². The number of aromatic nitrogens is 1. The van der Waals surface area contributed by atoms with Crippen molar-refractivity contribution in [2.75, 3.05) is 24.6 Å². The van der Waals surface area contributed by atoms with Gasteiger partial charge in [-0.05, 0) is 25.0 Å². The Balaban J connectivity index is 1.54. The van der Waals surface area contributed by atoms with Crippen molar-refractivity contribution in [1.29, 1.82) is 0 Å². The average molecular weight is 363 g/mol. The van der Waals surface area contributed by atoms with Crippen molar-refractivity contribution in [2.24, 2.45) is 5.92 Å². The lowest BCUT2D eigenvalue weighted by Crippen LogP contribution is -2.61. The molecule has 7 heteroatoms. The lowest BCUT2D eigenvalue weighted by Gasteiger charge is -2.44. The molecule has 1 aliphatic carbocycles. The van der Waals surface area contributed by atoms with E-state index in [0.717, 1.165) is 31.4 Å². The van der Waals surface area contributed by atoms with Gasteiger partial charge < -0.3 is 4.90 Å². The van der Waals surface area contributed by atoms with Gasteiger partial charge in [0, 0.05) is 37.8 Å². The third-order valence-electron chi connectivity index (χ3n) is 5.87. The Hall–Kier alpha value is -1.47. The zero-order chi connectivity index (χ0) is 17.4. The molecule has 1 amide bonds. The molecule has 2 atom stereocenters. The molecule has 3 fully saturated rings. The van der Waals surface area contributed by atoms with E-state index < -0.39 is 9.84 Å². The molecule has 2 saturated heterocycles. The molecular weight excluding hydrogens is 338 g/mol. The van der Waals surface area contributed by atoms with Gasteiger partial charge in [0.2, 0.25) is 5.91 Å². The number of nitrogens with zero attached hydrogens (tertiary/aromatic N) is 3. The van der Waals surface area contributed by atoms with E-state index in [0.29, 0.717) is 19.6 Å². The largest absolute Gasteiger partial charge is 0.336 e. The molecule has 0 aromatic carbocycles. The Morgan fingerprint density at radius 3 is 2.60 bits per heavy atom. The Bertz CT molecular complexity index is 731. The fraction of sp³-hybridized carbons (Fsp3) is 0.667. The molecule has 4 rings (SSSR count). The van der Waals surface area contributed by atoms with Gasteiger partial charge in [-0.15, -0.1) is 0 Å². The molecule has 2 aliphatic heterocycles. The van der Waals surface area contributed by atoms with Crippen molar-refractivity contribution in [1.82, 2.24) is 14.8 Å². The van der Waals surface area contributed by atoms with Crippen LogP contribution in [0.25, 0.3) is 0 Å². The maximum atomic E-state index is 12.9. The van der Waals surface area contributed by atoms with Crippen LogP contribution >= 0.6 is 0 Å². The van der Waals surface area contributed by atoms with Crippen LogP contribution in [-0.4, -0.2) is 65.8 Å². The van der Waals surface area contributed by atoms with Gasteiger partial charge in [0.25, 0.3) is 0 Å². The molecule has 1 aromatic heterocycles. The molecule has 1 saturated carbocycles. The predicted octanol–water partition coefficient (Wildman–Crippen LogP) is 1.08. The predicted molar refractivity (Wildman–Crippen MR) is 94.5 cm³/mol. The first-order valence-electron chi connectivity index (χ1n) is 9.18. The second-order valence-corrected chi connectivity index (χ2v) is 9.67. The first-order chi connectivity index (χ1) is 12.0. The highest BCUT2D eigenvalue weighted by atomic mass is 32.2. The molecule has 3 heterocycles. The van der Waals surface area contributed by atoms with Crippen LogP contribution in [-0.2, 0) is 21.2 Å². The molecule has 0 bridgehead atoms. The van der Waals surface area contributed by atoms with Crippen molar-refractivity contribution >= 4 is 15.7 Å². The number of piperazine rings is 1. The van der Waals surface area contributed by atoms with E-state index in [1.54, 1.807) is 6.20 Å². The average Bonchev–Trinajstić information content (AvgIpc) is 3.22. The van der Waals surface area contributed by atoms with Gasteiger partial charge in [-0.1, -0.05) is 18.9 Å². The van der Waals surface area contributed by atoms with E-state index in [-0.39, 0.29) is 35.4 Å². The second-order valence-electron chi connectivity index (χ2n) is 7.52. The number of hydrogen-bond acceptors (Lipinski definition) is 5. The third-order valence-corrected chi connectivity index (χ3v) is 7.57. The SMILES string of the molecule is O=C(C1CCCC1)N1CCN(Cc2ccccn2)[C@@H]2CS(=O)(=O)C[C@@H]21. The highest BCUT2D eigenvalue weighted by molar-refractivity contribution is 7.91. The molecule has 0 unspecified atom stereocenters. The van der Waals surface area contributed by atoms with Gasteiger partial charge in [-0.25, -0.2) is 8.42 Å². The Labute approximate surface area is 149 Å². The topological polar surface area (TPSA) is 70.6 Å². The summed E-state index contributed by atoms with van der Waals surface area (Å²) in [6.07, 6.45) is 5.90. The number of sulfone groups is 1. The first kappa shape index (κ1) is 17.0. The molecule has 0 N–H and O–H groups in total. The molecule has 25 heavy (non-hydrogen) atoms. The van der Waals surface area contributed by atoms with Gasteiger partial charge in [-0.3, -0.25) is 14.7 Å². The van der Waals surface area contributed by atoms with Crippen molar-refractivity contribution < 1.29 is 13.2 Å². The number of carbonyl (C=O) groups is 1. The van der Waals surface area contributed by atoms with Gasteiger partial charge in [0.15, 0.2) is 9.84 Å². The van der Waals surface area contributed by atoms with Crippen molar-refractivity contribution in [2.45, 2.75) is 44.3 Å². The van der Waals surface area contributed by atoms with Crippen LogP contribution in [0.1, 0.15) is 31.4 Å². The van der Waals surface area contributed by atoms with Crippen LogP contribution in [0.15, 0.2) is 24.4 Å². The van der Waals surface area contributed by atoms with Crippen molar-refractivity contribution in [3.8, 4) is 0 Å². The fourth-order valence-corrected chi connectivity index (χ4v) is 6.61. The molecular formula is C18H25N3O3S. The Morgan fingerprint density at radius 2 is 1.88 bits per heavy atom. The van der Waals surface area contributed by atoms with Crippen LogP contribution in [0.4, 0.5) is 0 Å². The first-order valence-corrected chi connectivity index (χ1v) is 11.0. The Kier molecular flexibility index (Phi) is 4.54. The summed E-state index contributed by atoms with van der Waals surface area (Å²) in [6, 6.07) is 5.49. The van der Waals surface area contributed by atoms with Gasteiger partial charge >= 0.3 is 0 Å². The summed E-state index contributed by atoms with van der Waals surface area (Å²) in [5, 5.41) is 0. The molecule has 1 aromatic rings. The monoisotopic (exact) mass is 363 g/mol. The van der Waals surface area contributed by atoms with Crippen LogP contribution in [0.3, 0.4) is 0 Å². The van der Waals surface area contributed by atoms with Gasteiger partial charge in [0.05, 0.1) is 23.2 Å². The number of carbonyl (C=O) groups excluding carboxylic acids is 1. The van der Waals surface area contributed by atoms with Crippen LogP contribution in [0.5, 0.6) is 0 Å². The molecule has 3 aliphatic rings. The lowest BCUT2D eigenvalue weighted by atomic mass is 10.00. The fourth-order valence-electron chi connectivity index (χ4n) is 4.60. The Morgan fingerprint density at radius 1 is 1.12 bits per heavy atom. The molecule has 0 spiro atoms. The minimum absolute atomic E-state index is 0.103. The third kappa shape index (κ3) is 3.44. The standard InChI is InChI=1S/C18H25N3O3S/c22-18(14-5-1-2-6-14)21-10-9-20(11-15-7-3-4-8-19-15)16-12-25(23,24)13-17(16)21/h3-4,7-8,14,16-17H,1-2,5-6,9-13H2/t16-,17+/m1/s1. The highest BCUT2D eigenvalue weighted by Gasteiger charge is 2.48. The summed E-state index contributed by atoms with van der Waals surface area (Å²) in [7, 11) is -3.10. The van der Waals surface area contributed by atoms with Crippen LogP contribution in [0.2, 0.25) is 0 Å². The summed E-state index contributed by atoms with van der Waals surface area (Å²) in [4.78, 5) is 21.4. The van der Waals surface area contributed by atoms with E-state index in [1.807, 2.05) is 23.1 Å². The maximum Gasteiger partial charge on any atom is 0.226 e. The summed E-state index contributed by atoms with van der Waals surface area (Å²) in [5.74, 6) is 0.543. The number of hydrogen-bond donors (Lipinski definition) is 0. The molecule has 0 radical (unpaired) electrons. The van der Waals surface area contributed by atoms with Crippen molar-refractivity contribution in [3.63, 3.8) is 0 Å². The number of rotatable bonds is 3. The van der Waals surface area contributed by atoms with E-state index >= 15 is 0 Å². The zero-order valence-electron chi connectivity index (χ0n) is 14.4. The van der Waals surface area contributed by atoms with Crippen LogP contribution < -0.4 is 0 Å². The zero-order valence-corrected chi connectivity index (χ0v) is 15.2. The van der Waals surface area contributed by atoms with Gasteiger partial charge in [-0.2, -0.15) is 0 Å².